The first kappa shape index (κ1) is 49.2. The summed E-state index contributed by atoms with van der Waals surface area (Å²) in [5, 5.41) is -0.205. The Labute approximate surface area is 390 Å². The quantitative estimate of drug-likeness (QED) is 0.119. The van der Waals surface area contributed by atoms with Gasteiger partial charge in [0.05, 0.1) is 24.9 Å². The molecule has 0 saturated carbocycles. The van der Waals surface area contributed by atoms with Gasteiger partial charge >= 0.3 is 18.0 Å². The zero-order valence-corrected chi connectivity index (χ0v) is 36.6. The van der Waals surface area contributed by atoms with E-state index in [-0.39, 0.29) is 76.4 Å². The van der Waals surface area contributed by atoms with E-state index in [9.17, 15) is 35.5 Å². The maximum absolute atomic E-state index is 13.9. The third-order valence-electron chi connectivity index (χ3n) is 10.5. The second-order valence-corrected chi connectivity index (χ2v) is 15.4. The van der Waals surface area contributed by atoms with Crippen LogP contribution in [-0.4, -0.2) is 117 Å². The van der Waals surface area contributed by atoms with E-state index in [0.717, 1.165) is 24.9 Å². The average molecular weight is 993 g/mol. The van der Waals surface area contributed by atoms with E-state index in [4.69, 9.17) is 43.0 Å². The number of nitrogen functional groups attached to an aromatic ring is 3. The largest absolute Gasteiger partial charge is 0.460 e. The van der Waals surface area contributed by atoms with Gasteiger partial charge in [-0.15, -0.1) is 0 Å². The van der Waals surface area contributed by atoms with Crippen LogP contribution in [0.25, 0.3) is 0 Å². The molecule has 3 fully saturated rings. The van der Waals surface area contributed by atoms with Crippen LogP contribution in [0.3, 0.4) is 0 Å². The molecule has 9 rings (SSSR count). The van der Waals surface area contributed by atoms with Gasteiger partial charge in [0.15, 0.2) is 57.5 Å². The van der Waals surface area contributed by atoms with Gasteiger partial charge in [-0.25, -0.2) is 53.0 Å². The monoisotopic (exact) mass is 992 g/mol. The van der Waals surface area contributed by atoms with E-state index in [2.05, 4.69) is 59.8 Å². The summed E-state index contributed by atoms with van der Waals surface area (Å²) in [5.74, 6) is -6.59. The molecule has 366 valence electrons. The number of nitrogens with two attached hydrogens (primary N) is 3. The number of aromatic nitrogens is 12. The van der Waals surface area contributed by atoms with Crippen molar-refractivity contribution < 1.29 is 44.9 Å². The molecule has 0 spiro atoms. The lowest BCUT2D eigenvalue weighted by Gasteiger charge is -2.32. The fraction of sp³-hybridized carbons (Fsp3) is 0.385. The fourth-order valence-electron chi connectivity index (χ4n) is 6.98. The molecular formula is C39H40ClF7N18O4. The summed E-state index contributed by atoms with van der Waals surface area (Å²) < 4.78 is 110. The van der Waals surface area contributed by atoms with Crippen molar-refractivity contribution in [1.82, 2.24) is 59.8 Å². The van der Waals surface area contributed by atoms with Crippen molar-refractivity contribution in [2.24, 2.45) is 0 Å². The van der Waals surface area contributed by atoms with Crippen LogP contribution in [-0.2, 0) is 0 Å². The minimum atomic E-state index is -1.18. The van der Waals surface area contributed by atoms with Gasteiger partial charge in [-0.3, -0.25) is 4.79 Å². The number of halogens is 8. The standard InChI is InChI=1S/C13H13ClF2N6O.C13H13F3N6O.C13H14F2N6O2/c14-10-9(16)12(20-6-19-10)22-3-1-7(2-4-22)23-13-18-5-8(15)11(17)21-13;14-8-5-18-13(21-11(8)17)23-7-1-3-22(4-2-7)12-9(15)10(16)19-6-20-12;14-8-5-17-13(20-10(8)16)23-7-1-3-21(4-2-7)11-9(15)12(22)19-6-18-11/h2*5-7H,1-4H2,(H2,17,18,21);5-7H,1-4H2,(H2,16,17,20)(H,18,19,22). The third-order valence-corrected chi connectivity index (χ3v) is 10.8. The first-order valence-corrected chi connectivity index (χ1v) is 21.1. The van der Waals surface area contributed by atoms with Gasteiger partial charge in [0.2, 0.25) is 17.5 Å². The lowest BCUT2D eigenvalue weighted by atomic mass is 10.1. The number of ether oxygens (including phenoxy) is 3. The Hall–Kier alpha value is -7.72. The van der Waals surface area contributed by atoms with Gasteiger partial charge in [0.25, 0.3) is 11.5 Å². The Morgan fingerprint density at radius 1 is 0.507 bits per heavy atom. The predicted molar refractivity (Wildman–Crippen MR) is 231 cm³/mol. The second kappa shape index (κ2) is 22.4. The average Bonchev–Trinajstić information content (AvgIpc) is 3.34. The Morgan fingerprint density at radius 2 is 0.870 bits per heavy atom. The summed E-state index contributed by atoms with van der Waals surface area (Å²) in [6, 6.07) is 0.0167. The van der Waals surface area contributed by atoms with E-state index in [1.165, 1.54) is 12.7 Å². The van der Waals surface area contributed by atoms with E-state index in [0.29, 0.717) is 77.8 Å². The molecule has 3 aliphatic heterocycles. The van der Waals surface area contributed by atoms with Crippen molar-refractivity contribution in [3.8, 4) is 18.0 Å². The molecule has 0 bridgehead atoms. The highest BCUT2D eigenvalue weighted by atomic mass is 35.5. The molecular weight excluding hydrogens is 953 g/mol. The van der Waals surface area contributed by atoms with Gasteiger partial charge in [0.1, 0.15) is 31.0 Å². The smallest absolute Gasteiger partial charge is 0.318 e. The highest BCUT2D eigenvalue weighted by Crippen LogP contribution is 2.27. The predicted octanol–water partition coefficient (Wildman–Crippen LogP) is 3.61. The van der Waals surface area contributed by atoms with Crippen LogP contribution < -0.4 is 51.7 Å². The van der Waals surface area contributed by atoms with Gasteiger partial charge in [-0.1, -0.05) is 11.6 Å². The summed E-state index contributed by atoms with van der Waals surface area (Å²) in [5.41, 5.74) is 15.3. The zero-order valence-electron chi connectivity index (χ0n) is 35.8. The molecule has 69 heavy (non-hydrogen) atoms. The van der Waals surface area contributed by atoms with Crippen LogP contribution in [0.4, 0.5) is 65.6 Å². The Bertz CT molecular complexity index is 2650. The molecule has 30 heteroatoms. The van der Waals surface area contributed by atoms with Crippen LogP contribution in [0, 0.1) is 40.9 Å². The number of hydrogen-bond acceptors (Lipinski definition) is 21. The number of H-pyrrole nitrogens is 1. The minimum Gasteiger partial charge on any atom is -0.460 e. The molecule has 9 heterocycles. The molecule has 0 aliphatic carbocycles. The fourth-order valence-corrected chi connectivity index (χ4v) is 7.11. The van der Waals surface area contributed by atoms with Gasteiger partial charge in [-0.05, 0) is 0 Å². The maximum atomic E-state index is 13.9. The van der Waals surface area contributed by atoms with Gasteiger partial charge < -0.3 is 51.1 Å². The van der Waals surface area contributed by atoms with Gasteiger partial charge in [-0.2, -0.15) is 32.5 Å². The summed E-state index contributed by atoms with van der Waals surface area (Å²) >= 11 is 5.66. The molecule has 0 atom stereocenters. The van der Waals surface area contributed by atoms with Crippen molar-refractivity contribution in [2.75, 3.05) is 71.2 Å². The molecule has 3 saturated heterocycles. The molecule has 0 aromatic carbocycles. The van der Waals surface area contributed by atoms with Crippen molar-refractivity contribution in [1.29, 1.82) is 0 Å². The molecule has 0 unspecified atom stereocenters. The van der Waals surface area contributed by atoms with Crippen LogP contribution in [0.2, 0.25) is 5.15 Å². The topological polar surface area (TPSA) is 290 Å². The highest BCUT2D eigenvalue weighted by Gasteiger charge is 2.28. The first-order valence-electron chi connectivity index (χ1n) is 20.8. The molecule has 22 nitrogen and oxygen atoms in total. The van der Waals surface area contributed by atoms with E-state index < -0.39 is 46.4 Å². The molecule has 6 aromatic heterocycles. The molecule has 0 radical (unpaired) electrons. The van der Waals surface area contributed by atoms with Crippen molar-refractivity contribution in [2.45, 2.75) is 56.8 Å². The van der Waals surface area contributed by atoms with Crippen molar-refractivity contribution >= 4 is 46.5 Å². The Morgan fingerprint density at radius 3 is 1.26 bits per heavy atom. The summed E-state index contributed by atoms with van der Waals surface area (Å²) in [6.45, 7) is 2.77. The number of rotatable bonds is 9. The lowest BCUT2D eigenvalue weighted by molar-refractivity contribution is 0.155. The van der Waals surface area contributed by atoms with Crippen LogP contribution in [0.1, 0.15) is 38.5 Å². The number of nitrogens with zero attached hydrogens (tertiary/aromatic N) is 14. The number of nitrogens with one attached hydrogen (secondary N) is 1. The van der Waals surface area contributed by atoms with Crippen molar-refractivity contribution in [3.63, 3.8) is 0 Å². The molecule has 3 aliphatic rings. The Kier molecular flexibility index (Phi) is 16.0. The van der Waals surface area contributed by atoms with E-state index >= 15 is 0 Å². The van der Waals surface area contributed by atoms with Gasteiger partial charge in [0, 0.05) is 77.8 Å². The zero-order chi connectivity index (χ0) is 49.2. The minimum absolute atomic E-state index is 0.00260. The normalized spacial score (nSPS) is 15.7. The molecule has 6 aromatic rings. The summed E-state index contributed by atoms with van der Waals surface area (Å²) in [6.07, 6.45) is 8.94. The highest BCUT2D eigenvalue weighted by molar-refractivity contribution is 6.29. The summed E-state index contributed by atoms with van der Waals surface area (Å²) in [7, 11) is 0. The van der Waals surface area contributed by atoms with Crippen LogP contribution >= 0.6 is 11.6 Å². The van der Waals surface area contributed by atoms with Crippen molar-refractivity contribution in [3.05, 3.63) is 93.9 Å². The van der Waals surface area contributed by atoms with Crippen LogP contribution in [0.15, 0.2) is 42.4 Å². The number of piperidine rings is 3. The first-order chi connectivity index (χ1) is 33.1. The SMILES string of the molecule is Nc1nc(OC2CCN(c3nc[nH]c(=O)c3F)CC2)ncc1F.Nc1nc(OC2CCN(c3ncnc(Cl)c3F)CC2)ncc1F.Nc1nc(OC2CCN(c3ncnc(F)c3F)CC2)ncc1F. The number of hydrogen-bond donors (Lipinski definition) is 4. The second-order valence-electron chi connectivity index (χ2n) is 15.0. The third kappa shape index (κ3) is 12.6. The van der Waals surface area contributed by atoms with E-state index in [1.54, 1.807) is 14.7 Å². The number of aromatic amines is 1. The number of anilines is 6. The van der Waals surface area contributed by atoms with Crippen LogP contribution in [0.5, 0.6) is 18.0 Å². The maximum Gasteiger partial charge on any atom is 0.318 e. The summed E-state index contributed by atoms with van der Waals surface area (Å²) in [4.78, 5) is 59.1. The molecule has 7 N–H and O–H groups in total. The molecule has 0 amide bonds. The van der Waals surface area contributed by atoms with E-state index in [1.807, 2.05) is 0 Å². The lowest BCUT2D eigenvalue weighted by Crippen LogP contribution is -2.40. The Balaban J connectivity index is 0.000000153.